The van der Waals surface area contributed by atoms with E-state index in [2.05, 4.69) is 36.3 Å². The van der Waals surface area contributed by atoms with Crippen LogP contribution in [0.5, 0.6) is 0 Å². The summed E-state index contributed by atoms with van der Waals surface area (Å²) in [5.74, 6) is 1.63. The molecule has 1 fully saturated rings. The van der Waals surface area contributed by atoms with E-state index in [0.29, 0.717) is 6.04 Å². The predicted molar refractivity (Wildman–Crippen MR) is 63.9 cm³/mol. The van der Waals surface area contributed by atoms with Crippen molar-refractivity contribution in [1.82, 2.24) is 4.98 Å². The molecule has 1 N–H and O–H groups in total. The Kier molecular flexibility index (Phi) is 2.94. The number of aryl methyl sites for hydroxylation is 1. The summed E-state index contributed by atoms with van der Waals surface area (Å²) in [7, 11) is 0. The Labute approximate surface area is 92.1 Å². The molecule has 3 unspecified atom stereocenters. The summed E-state index contributed by atoms with van der Waals surface area (Å²) in [5, 5.41) is 3.62. The standard InChI is InChI=1S/C13H20N2/c1-9-4-5-13(11(9)3)15-12-6-7-14-10(2)8-12/h6-9,11,13H,4-5H2,1-3H3,(H,14,15). The van der Waals surface area contributed by atoms with E-state index in [1.807, 2.05) is 13.1 Å². The lowest BCUT2D eigenvalue weighted by Gasteiger charge is -2.20. The molecule has 0 spiro atoms. The number of nitrogens with zero attached hydrogens (tertiary/aromatic N) is 1. The first-order valence-electron chi connectivity index (χ1n) is 5.86. The fraction of sp³-hybridized carbons (Fsp3) is 0.615. The van der Waals surface area contributed by atoms with Crippen LogP contribution in [0.2, 0.25) is 0 Å². The maximum Gasteiger partial charge on any atom is 0.0393 e. The van der Waals surface area contributed by atoms with E-state index < -0.39 is 0 Å². The van der Waals surface area contributed by atoms with Gasteiger partial charge in [-0.1, -0.05) is 13.8 Å². The quantitative estimate of drug-likeness (QED) is 0.800. The van der Waals surface area contributed by atoms with Gasteiger partial charge in [0.25, 0.3) is 0 Å². The van der Waals surface area contributed by atoms with Crippen molar-refractivity contribution >= 4 is 5.69 Å². The Morgan fingerprint density at radius 3 is 2.73 bits per heavy atom. The lowest BCUT2D eigenvalue weighted by molar-refractivity contribution is 0.435. The van der Waals surface area contributed by atoms with Crippen molar-refractivity contribution in [3.05, 3.63) is 24.0 Å². The highest BCUT2D eigenvalue weighted by Crippen LogP contribution is 2.33. The first kappa shape index (κ1) is 10.5. The zero-order chi connectivity index (χ0) is 10.8. The Bertz CT molecular complexity index is 335. The molecule has 0 radical (unpaired) electrons. The SMILES string of the molecule is Cc1cc(NC2CCC(C)C2C)ccn1. The molecule has 0 saturated heterocycles. The van der Waals surface area contributed by atoms with Gasteiger partial charge in [0.05, 0.1) is 0 Å². The molecule has 1 aliphatic carbocycles. The van der Waals surface area contributed by atoms with Crippen molar-refractivity contribution in [2.24, 2.45) is 11.8 Å². The lowest BCUT2D eigenvalue weighted by atomic mass is 9.98. The van der Waals surface area contributed by atoms with Crippen LogP contribution in [-0.2, 0) is 0 Å². The third-order valence-electron chi connectivity index (χ3n) is 3.71. The number of rotatable bonds is 2. The van der Waals surface area contributed by atoms with Crippen LogP contribution >= 0.6 is 0 Å². The Hall–Kier alpha value is -1.05. The summed E-state index contributed by atoms with van der Waals surface area (Å²) in [6.07, 6.45) is 4.52. The summed E-state index contributed by atoms with van der Waals surface area (Å²) >= 11 is 0. The van der Waals surface area contributed by atoms with Gasteiger partial charge >= 0.3 is 0 Å². The molecule has 0 aliphatic heterocycles. The van der Waals surface area contributed by atoms with Crippen LogP contribution in [0.3, 0.4) is 0 Å². The molecule has 0 bridgehead atoms. The fourth-order valence-electron chi connectivity index (χ4n) is 2.42. The molecule has 0 aromatic carbocycles. The molecule has 1 heterocycles. The van der Waals surface area contributed by atoms with Gasteiger partial charge in [0.2, 0.25) is 0 Å². The highest BCUT2D eigenvalue weighted by Gasteiger charge is 2.29. The van der Waals surface area contributed by atoms with Crippen LogP contribution in [0.15, 0.2) is 18.3 Å². The second-order valence-corrected chi connectivity index (χ2v) is 4.85. The molecule has 2 rings (SSSR count). The third-order valence-corrected chi connectivity index (χ3v) is 3.71. The van der Waals surface area contributed by atoms with Crippen molar-refractivity contribution in [3.63, 3.8) is 0 Å². The van der Waals surface area contributed by atoms with Crippen LogP contribution < -0.4 is 5.32 Å². The van der Waals surface area contributed by atoms with Crippen molar-refractivity contribution in [3.8, 4) is 0 Å². The first-order chi connectivity index (χ1) is 7.16. The van der Waals surface area contributed by atoms with E-state index >= 15 is 0 Å². The topological polar surface area (TPSA) is 24.9 Å². The van der Waals surface area contributed by atoms with Gasteiger partial charge in [-0.2, -0.15) is 0 Å². The zero-order valence-corrected chi connectivity index (χ0v) is 9.83. The molecule has 2 nitrogen and oxygen atoms in total. The van der Waals surface area contributed by atoms with E-state index in [4.69, 9.17) is 0 Å². The number of hydrogen-bond donors (Lipinski definition) is 1. The van der Waals surface area contributed by atoms with Crippen LogP contribution in [0.25, 0.3) is 0 Å². The second kappa shape index (κ2) is 4.21. The van der Waals surface area contributed by atoms with E-state index in [0.717, 1.165) is 17.5 Å². The second-order valence-electron chi connectivity index (χ2n) is 4.85. The highest BCUT2D eigenvalue weighted by atomic mass is 14.9. The van der Waals surface area contributed by atoms with Gasteiger partial charge in [-0.15, -0.1) is 0 Å². The highest BCUT2D eigenvalue weighted by molar-refractivity contribution is 5.44. The van der Waals surface area contributed by atoms with Crippen LogP contribution in [-0.4, -0.2) is 11.0 Å². The molecule has 1 aromatic heterocycles. The molecule has 3 atom stereocenters. The predicted octanol–water partition coefficient (Wildman–Crippen LogP) is 3.24. The average Bonchev–Trinajstić information content (AvgIpc) is 2.50. The molecule has 1 aromatic rings. The Balaban J connectivity index is 2.03. The van der Waals surface area contributed by atoms with E-state index in [1.54, 1.807) is 0 Å². The summed E-state index contributed by atoms with van der Waals surface area (Å²) < 4.78 is 0. The van der Waals surface area contributed by atoms with Gasteiger partial charge in [0.15, 0.2) is 0 Å². The Morgan fingerprint density at radius 1 is 1.33 bits per heavy atom. The largest absolute Gasteiger partial charge is 0.382 e. The molecule has 82 valence electrons. The van der Waals surface area contributed by atoms with Crippen molar-refractivity contribution in [2.45, 2.75) is 39.7 Å². The van der Waals surface area contributed by atoms with Crippen LogP contribution in [0, 0.1) is 18.8 Å². The van der Waals surface area contributed by atoms with Gasteiger partial charge in [0.1, 0.15) is 0 Å². The maximum absolute atomic E-state index is 4.21. The normalized spacial score (nSPS) is 30.5. The number of aromatic nitrogens is 1. The maximum atomic E-state index is 4.21. The van der Waals surface area contributed by atoms with Crippen molar-refractivity contribution in [2.75, 3.05) is 5.32 Å². The smallest absolute Gasteiger partial charge is 0.0393 e. The number of pyridine rings is 1. The minimum atomic E-state index is 0.641. The average molecular weight is 204 g/mol. The Morgan fingerprint density at radius 2 is 2.13 bits per heavy atom. The third kappa shape index (κ3) is 2.31. The number of nitrogens with one attached hydrogen (secondary N) is 1. The minimum absolute atomic E-state index is 0.641. The zero-order valence-electron chi connectivity index (χ0n) is 9.83. The minimum Gasteiger partial charge on any atom is -0.382 e. The van der Waals surface area contributed by atoms with E-state index in [-0.39, 0.29) is 0 Å². The summed E-state index contributed by atoms with van der Waals surface area (Å²) in [6.45, 7) is 6.74. The van der Waals surface area contributed by atoms with Crippen LogP contribution in [0.4, 0.5) is 5.69 Å². The molecule has 1 aliphatic rings. The molecule has 2 heteroatoms. The van der Waals surface area contributed by atoms with Crippen LogP contribution in [0.1, 0.15) is 32.4 Å². The van der Waals surface area contributed by atoms with E-state index in [9.17, 15) is 0 Å². The molecular weight excluding hydrogens is 184 g/mol. The molecule has 1 saturated carbocycles. The summed E-state index contributed by atoms with van der Waals surface area (Å²) in [5.41, 5.74) is 2.30. The van der Waals surface area contributed by atoms with E-state index in [1.165, 1.54) is 18.5 Å². The lowest BCUT2D eigenvalue weighted by Crippen LogP contribution is -2.23. The van der Waals surface area contributed by atoms with Gasteiger partial charge in [-0.05, 0) is 43.7 Å². The van der Waals surface area contributed by atoms with Crippen molar-refractivity contribution < 1.29 is 0 Å². The summed E-state index contributed by atoms with van der Waals surface area (Å²) in [6, 6.07) is 4.82. The number of anilines is 1. The molecular formula is C13H20N2. The van der Waals surface area contributed by atoms with Gasteiger partial charge in [-0.25, -0.2) is 0 Å². The van der Waals surface area contributed by atoms with Gasteiger partial charge < -0.3 is 5.32 Å². The van der Waals surface area contributed by atoms with Crippen molar-refractivity contribution in [1.29, 1.82) is 0 Å². The fourth-order valence-corrected chi connectivity index (χ4v) is 2.42. The van der Waals surface area contributed by atoms with Gasteiger partial charge in [0, 0.05) is 23.6 Å². The first-order valence-corrected chi connectivity index (χ1v) is 5.86. The number of hydrogen-bond acceptors (Lipinski definition) is 2. The molecule has 0 amide bonds. The monoisotopic (exact) mass is 204 g/mol. The summed E-state index contributed by atoms with van der Waals surface area (Å²) in [4.78, 5) is 4.21. The van der Waals surface area contributed by atoms with Gasteiger partial charge in [-0.3, -0.25) is 4.98 Å². The molecule has 15 heavy (non-hydrogen) atoms.